The first-order valence-electron chi connectivity index (χ1n) is 17.1. The monoisotopic (exact) mass is 668 g/mol. The second kappa shape index (κ2) is 10.9. The predicted octanol–water partition coefficient (Wildman–Crippen LogP) is 14.9. The van der Waals surface area contributed by atoms with Crippen molar-refractivity contribution in [3.8, 4) is 33.4 Å². The predicted molar refractivity (Wildman–Crippen MR) is 221 cm³/mol. The van der Waals surface area contributed by atoms with Gasteiger partial charge < -0.3 is 0 Å². The number of thiophene rings is 2. The molecule has 0 aliphatic carbocycles. The Morgan fingerprint density at radius 1 is 0.300 bits per heavy atom. The van der Waals surface area contributed by atoms with Crippen LogP contribution in [0.4, 0.5) is 0 Å². The number of rotatable bonds is 3. The van der Waals surface area contributed by atoms with E-state index in [1.807, 2.05) is 22.7 Å². The lowest BCUT2D eigenvalue weighted by Gasteiger charge is -2.18. The van der Waals surface area contributed by atoms with Crippen molar-refractivity contribution in [2.24, 2.45) is 0 Å². The third-order valence-corrected chi connectivity index (χ3v) is 12.9. The van der Waals surface area contributed by atoms with Crippen molar-refractivity contribution in [3.63, 3.8) is 0 Å². The van der Waals surface area contributed by atoms with E-state index in [9.17, 15) is 0 Å². The van der Waals surface area contributed by atoms with Crippen LogP contribution in [0, 0.1) is 0 Å². The van der Waals surface area contributed by atoms with Crippen LogP contribution in [0.5, 0.6) is 0 Å². The van der Waals surface area contributed by atoms with Crippen LogP contribution in [0.3, 0.4) is 0 Å². The Morgan fingerprint density at radius 3 is 1.46 bits per heavy atom. The van der Waals surface area contributed by atoms with Gasteiger partial charge in [-0.15, -0.1) is 22.7 Å². The fourth-order valence-corrected chi connectivity index (χ4v) is 10.8. The summed E-state index contributed by atoms with van der Waals surface area (Å²) in [5, 5.41) is 13.1. The number of benzene rings is 9. The van der Waals surface area contributed by atoms with Gasteiger partial charge in [-0.05, 0) is 84.4 Å². The molecule has 9 aromatic carbocycles. The largest absolute Gasteiger partial charge is 0.134 e. The van der Waals surface area contributed by atoms with Crippen LogP contribution < -0.4 is 0 Å². The van der Waals surface area contributed by atoms with Crippen LogP contribution in [-0.2, 0) is 0 Å². The molecule has 0 spiro atoms. The normalized spacial score (nSPS) is 12.0. The Hall–Kier alpha value is -5.80. The molecular formula is C48H28S2. The zero-order valence-electron chi connectivity index (χ0n) is 27.0. The molecule has 0 saturated heterocycles. The van der Waals surface area contributed by atoms with Crippen molar-refractivity contribution >= 4 is 95.3 Å². The number of fused-ring (bicyclic) bond motifs is 10. The van der Waals surface area contributed by atoms with E-state index < -0.39 is 0 Å². The summed E-state index contributed by atoms with van der Waals surface area (Å²) in [6.45, 7) is 0. The second-order valence-electron chi connectivity index (χ2n) is 13.2. The van der Waals surface area contributed by atoms with Gasteiger partial charge in [-0.1, -0.05) is 146 Å². The third-order valence-electron chi connectivity index (χ3n) is 10.4. The zero-order chi connectivity index (χ0) is 32.8. The van der Waals surface area contributed by atoms with Crippen LogP contribution >= 0.6 is 22.7 Å². The van der Waals surface area contributed by atoms with Crippen molar-refractivity contribution in [1.29, 1.82) is 0 Å². The Kier molecular flexibility index (Phi) is 6.09. The molecular weight excluding hydrogens is 641 g/mol. The van der Waals surface area contributed by atoms with E-state index >= 15 is 0 Å². The van der Waals surface area contributed by atoms with Crippen molar-refractivity contribution in [1.82, 2.24) is 0 Å². The van der Waals surface area contributed by atoms with E-state index in [0.717, 1.165) is 0 Å². The van der Waals surface area contributed by atoms with E-state index in [0.29, 0.717) is 0 Å². The van der Waals surface area contributed by atoms with Gasteiger partial charge in [-0.3, -0.25) is 0 Å². The molecule has 0 N–H and O–H groups in total. The number of hydrogen-bond donors (Lipinski definition) is 0. The smallest absolute Gasteiger partial charge is 0.0449 e. The van der Waals surface area contributed by atoms with E-state index in [1.54, 1.807) is 0 Å². The summed E-state index contributed by atoms with van der Waals surface area (Å²) < 4.78 is 5.45. The maximum atomic E-state index is 2.45. The van der Waals surface area contributed by atoms with Gasteiger partial charge in [0.05, 0.1) is 0 Å². The van der Waals surface area contributed by atoms with Gasteiger partial charge >= 0.3 is 0 Å². The van der Waals surface area contributed by atoms with Crippen LogP contribution in [0.25, 0.3) is 106 Å². The minimum absolute atomic E-state index is 1.24. The average molecular weight is 669 g/mol. The lowest BCUT2D eigenvalue weighted by atomic mass is 9.85. The minimum Gasteiger partial charge on any atom is -0.134 e. The SMILES string of the molecule is c1ccc2cc(-c3c4ccccc4c(-c4ccc(-c5cc6c7ccccc7sc6c6c5sc5ccccc56)cc4)c4ccccc34)ccc2c1. The summed E-state index contributed by atoms with van der Waals surface area (Å²) in [5.41, 5.74) is 7.64. The summed E-state index contributed by atoms with van der Waals surface area (Å²) in [7, 11) is 0. The summed E-state index contributed by atoms with van der Waals surface area (Å²) in [4.78, 5) is 0. The Bertz CT molecular complexity index is 3080. The first-order valence-corrected chi connectivity index (χ1v) is 18.7. The summed E-state index contributed by atoms with van der Waals surface area (Å²) in [6.07, 6.45) is 0. The zero-order valence-corrected chi connectivity index (χ0v) is 28.6. The molecule has 0 unspecified atom stereocenters. The van der Waals surface area contributed by atoms with E-state index in [-0.39, 0.29) is 0 Å². The average Bonchev–Trinajstić information content (AvgIpc) is 3.75. The van der Waals surface area contributed by atoms with Crippen molar-refractivity contribution in [2.45, 2.75) is 0 Å². The Morgan fingerprint density at radius 2 is 0.780 bits per heavy atom. The molecule has 11 aromatic rings. The molecule has 0 nitrogen and oxygen atoms in total. The lowest BCUT2D eigenvalue weighted by Crippen LogP contribution is -1.91. The quantitative estimate of drug-likeness (QED) is 0.164. The molecule has 0 atom stereocenters. The fraction of sp³-hybridized carbons (Fsp3) is 0. The molecule has 2 aromatic heterocycles. The fourth-order valence-electron chi connectivity index (χ4n) is 8.19. The van der Waals surface area contributed by atoms with Gasteiger partial charge in [0.25, 0.3) is 0 Å². The van der Waals surface area contributed by atoms with Gasteiger partial charge in [0.2, 0.25) is 0 Å². The van der Waals surface area contributed by atoms with Crippen molar-refractivity contribution < 1.29 is 0 Å². The lowest BCUT2D eigenvalue weighted by molar-refractivity contribution is 1.65. The van der Waals surface area contributed by atoms with E-state index in [1.165, 1.54) is 106 Å². The molecule has 0 amide bonds. The van der Waals surface area contributed by atoms with E-state index in [2.05, 4.69) is 170 Å². The summed E-state index contributed by atoms with van der Waals surface area (Å²) >= 11 is 3.84. The van der Waals surface area contributed by atoms with Crippen LogP contribution in [0.1, 0.15) is 0 Å². The van der Waals surface area contributed by atoms with Gasteiger partial charge in [-0.2, -0.15) is 0 Å². The highest BCUT2D eigenvalue weighted by Crippen LogP contribution is 2.49. The van der Waals surface area contributed by atoms with Crippen molar-refractivity contribution in [3.05, 3.63) is 170 Å². The highest BCUT2D eigenvalue weighted by Gasteiger charge is 2.20. The molecule has 50 heavy (non-hydrogen) atoms. The molecule has 0 aliphatic heterocycles. The first kappa shape index (κ1) is 28.1. The van der Waals surface area contributed by atoms with Crippen molar-refractivity contribution in [2.75, 3.05) is 0 Å². The minimum atomic E-state index is 1.24. The summed E-state index contributed by atoms with van der Waals surface area (Å²) in [5.74, 6) is 0. The molecule has 0 radical (unpaired) electrons. The first-order chi connectivity index (χ1) is 24.8. The van der Waals surface area contributed by atoms with Gasteiger partial charge in [0.1, 0.15) is 0 Å². The van der Waals surface area contributed by atoms with Gasteiger partial charge in [0.15, 0.2) is 0 Å². The molecule has 0 saturated carbocycles. The molecule has 2 heteroatoms. The molecule has 0 fully saturated rings. The Balaban J connectivity index is 1.14. The molecule has 0 aliphatic rings. The van der Waals surface area contributed by atoms with Crippen LogP contribution in [0.15, 0.2) is 170 Å². The topological polar surface area (TPSA) is 0 Å². The molecule has 2 heterocycles. The molecule has 11 rings (SSSR count). The maximum absolute atomic E-state index is 2.45. The van der Waals surface area contributed by atoms with Crippen LogP contribution in [0.2, 0.25) is 0 Å². The molecule has 232 valence electrons. The number of hydrogen-bond acceptors (Lipinski definition) is 2. The standard InChI is InChI=1S/C48H28S2/c1-2-12-32-27-33(26-21-29(32)11-1)45-37-16-5-3-14-35(37)44(36-15-4-6-17-38(36)45)31-24-22-30(23-25-31)40-28-41-34-13-7-9-19-42(34)49-48(41)46-39-18-8-10-20-43(39)50-47(40)46/h1-28H. The second-order valence-corrected chi connectivity index (χ2v) is 15.3. The summed E-state index contributed by atoms with van der Waals surface area (Å²) in [6, 6.07) is 63.0. The highest BCUT2D eigenvalue weighted by molar-refractivity contribution is 7.30. The Labute approximate surface area is 297 Å². The van der Waals surface area contributed by atoms with Gasteiger partial charge in [0, 0.05) is 45.9 Å². The van der Waals surface area contributed by atoms with Crippen LogP contribution in [-0.4, -0.2) is 0 Å². The van der Waals surface area contributed by atoms with Gasteiger partial charge in [-0.25, -0.2) is 0 Å². The highest BCUT2D eigenvalue weighted by atomic mass is 32.1. The molecule has 0 bridgehead atoms. The maximum Gasteiger partial charge on any atom is 0.0449 e. The van der Waals surface area contributed by atoms with E-state index in [4.69, 9.17) is 0 Å². The third kappa shape index (κ3) is 4.10.